The molecule has 0 bridgehead atoms. The lowest BCUT2D eigenvalue weighted by atomic mass is 9.94. The third-order valence-corrected chi connectivity index (χ3v) is 3.05. The fourth-order valence-electron chi connectivity index (χ4n) is 2.26. The van der Waals surface area contributed by atoms with Gasteiger partial charge in [-0.15, -0.1) is 0 Å². The maximum Gasteiger partial charge on any atom is 0.329 e. The molecule has 1 N–H and O–H groups in total. The first-order valence-corrected chi connectivity index (χ1v) is 6.01. The van der Waals surface area contributed by atoms with Gasteiger partial charge in [-0.3, -0.25) is 4.90 Å². The molecule has 0 aromatic carbocycles. The lowest BCUT2D eigenvalue weighted by molar-refractivity contribution is -0.143. The van der Waals surface area contributed by atoms with Crippen LogP contribution in [-0.2, 0) is 9.53 Å². The molecule has 1 fully saturated rings. The van der Waals surface area contributed by atoms with Crippen molar-refractivity contribution in [2.24, 2.45) is 0 Å². The maximum atomic E-state index is 13.4. The summed E-state index contributed by atoms with van der Waals surface area (Å²) in [6.45, 7) is 6.59. The minimum Gasteiger partial charge on any atom is -0.480 e. The molecule has 1 rings (SSSR count). The minimum atomic E-state index is -0.966. The average Bonchev–Trinajstić information content (AvgIpc) is 2.18. The first-order valence-electron chi connectivity index (χ1n) is 6.01. The van der Waals surface area contributed by atoms with Crippen LogP contribution in [0.5, 0.6) is 0 Å². The Hall–Kier alpha value is -0.680. The number of carboxylic acid groups (broad SMARTS) is 1. The van der Waals surface area contributed by atoms with Gasteiger partial charge in [0.2, 0.25) is 0 Å². The van der Waals surface area contributed by atoms with E-state index in [1.165, 1.54) is 0 Å². The fraction of sp³-hybridized carbons (Fsp3) is 0.917. The molecule has 0 aromatic heterocycles. The molecule has 1 heterocycles. The highest BCUT2D eigenvalue weighted by atomic mass is 19.1. The van der Waals surface area contributed by atoms with Gasteiger partial charge < -0.3 is 9.84 Å². The third kappa shape index (κ3) is 4.60. The number of carbonyl (C=O) groups is 1. The van der Waals surface area contributed by atoms with E-state index in [0.717, 1.165) is 6.42 Å². The van der Waals surface area contributed by atoms with Gasteiger partial charge in [-0.2, -0.15) is 0 Å². The minimum absolute atomic E-state index is 0.112. The van der Waals surface area contributed by atoms with Crippen LogP contribution in [0.4, 0.5) is 4.39 Å². The summed E-state index contributed by atoms with van der Waals surface area (Å²) in [5.41, 5.74) is -0.123. The van der Waals surface area contributed by atoms with Gasteiger partial charge in [0.15, 0.2) is 0 Å². The van der Waals surface area contributed by atoms with Crippen molar-refractivity contribution >= 4 is 5.97 Å². The Balaban J connectivity index is 2.52. The Bertz CT molecular complexity index is 265. The highest BCUT2D eigenvalue weighted by molar-refractivity contribution is 5.67. The van der Waals surface area contributed by atoms with Crippen LogP contribution in [0.25, 0.3) is 0 Å². The molecule has 1 aliphatic rings. The summed E-state index contributed by atoms with van der Waals surface area (Å²) in [5.74, 6) is -0.966. The van der Waals surface area contributed by atoms with Crippen LogP contribution in [0, 0.1) is 0 Å². The van der Waals surface area contributed by atoms with Crippen LogP contribution in [0.2, 0.25) is 0 Å². The number of hydrogen-bond donors (Lipinski definition) is 1. The molecule has 100 valence electrons. The number of halogens is 1. The average molecular weight is 247 g/mol. The number of rotatable bonds is 4. The van der Waals surface area contributed by atoms with E-state index in [2.05, 4.69) is 4.90 Å². The second kappa shape index (κ2) is 5.78. The molecule has 0 amide bonds. The molecule has 2 unspecified atom stereocenters. The molecule has 2 atom stereocenters. The number of likely N-dealkylation sites (tertiary alicyclic amines) is 1. The molecule has 1 saturated heterocycles. The molecule has 1 aliphatic heterocycles. The highest BCUT2D eigenvalue weighted by Gasteiger charge is 2.35. The highest BCUT2D eigenvalue weighted by Crippen LogP contribution is 2.27. The molecule has 4 nitrogen and oxygen atoms in total. The number of ether oxygens (including phenoxy) is 1. The second-order valence-electron chi connectivity index (χ2n) is 5.56. The van der Waals surface area contributed by atoms with Crippen LogP contribution in [0.1, 0.15) is 33.6 Å². The van der Waals surface area contributed by atoms with E-state index in [4.69, 9.17) is 9.84 Å². The molecule has 0 radical (unpaired) electrons. The predicted molar refractivity (Wildman–Crippen MR) is 62.8 cm³/mol. The monoisotopic (exact) mass is 247 g/mol. The second-order valence-corrected chi connectivity index (χ2v) is 5.56. The molecular weight excluding hydrogens is 225 g/mol. The van der Waals surface area contributed by atoms with E-state index in [1.807, 2.05) is 20.8 Å². The quantitative estimate of drug-likeness (QED) is 0.821. The van der Waals surface area contributed by atoms with E-state index in [1.54, 1.807) is 0 Å². The van der Waals surface area contributed by atoms with Gasteiger partial charge in [-0.25, -0.2) is 9.18 Å². The van der Waals surface area contributed by atoms with Crippen LogP contribution in [-0.4, -0.2) is 53.5 Å². The number of alkyl halides is 1. The van der Waals surface area contributed by atoms with E-state index in [0.29, 0.717) is 19.6 Å². The fourth-order valence-corrected chi connectivity index (χ4v) is 2.26. The molecule has 0 aromatic rings. The van der Waals surface area contributed by atoms with Crippen molar-refractivity contribution in [3.8, 4) is 0 Å². The standard InChI is InChI=1S/C12H22FNO3/c1-12(2,3)14-6-9(13)4-5-10(14)7-17-8-11(15)16/h9-10H,4-8H2,1-3H3,(H,15,16). The molecule has 0 aliphatic carbocycles. The van der Waals surface area contributed by atoms with E-state index < -0.39 is 12.1 Å². The summed E-state index contributed by atoms with van der Waals surface area (Å²) in [6, 6.07) is 0.112. The van der Waals surface area contributed by atoms with Crippen molar-refractivity contribution in [1.29, 1.82) is 0 Å². The molecule has 17 heavy (non-hydrogen) atoms. The summed E-state index contributed by atoms with van der Waals surface area (Å²) in [7, 11) is 0. The summed E-state index contributed by atoms with van der Waals surface area (Å²) < 4.78 is 18.5. The van der Waals surface area contributed by atoms with Gasteiger partial charge in [-0.05, 0) is 33.6 Å². The van der Waals surface area contributed by atoms with Gasteiger partial charge in [0.05, 0.1) is 6.61 Å². The molecule has 0 saturated carbocycles. The Morgan fingerprint density at radius 1 is 1.47 bits per heavy atom. The number of piperidine rings is 1. The molecular formula is C12H22FNO3. The summed E-state index contributed by atoms with van der Waals surface area (Å²) in [4.78, 5) is 12.4. The van der Waals surface area contributed by atoms with Crippen molar-refractivity contribution in [2.45, 2.75) is 51.4 Å². The van der Waals surface area contributed by atoms with Crippen molar-refractivity contribution in [3.05, 3.63) is 0 Å². The molecule has 5 heteroatoms. The Kier molecular flexibility index (Phi) is 4.89. The first-order chi connectivity index (χ1) is 7.80. The van der Waals surface area contributed by atoms with E-state index in [-0.39, 0.29) is 18.2 Å². The third-order valence-electron chi connectivity index (χ3n) is 3.05. The van der Waals surface area contributed by atoms with Gasteiger partial charge >= 0.3 is 5.97 Å². The van der Waals surface area contributed by atoms with Crippen molar-refractivity contribution in [1.82, 2.24) is 4.90 Å². The lowest BCUT2D eigenvalue weighted by Gasteiger charge is -2.45. The molecule has 0 spiro atoms. The Morgan fingerprint density at radius 3 is 2.65 bits per heavy atom. The normalized spacial score (nSPS) is 27.1. The van der Waals surface area contributed by atoms with Crippen molar-refractivity contribution in [3.63, 3.8) is 0 Å². The van der Waals surface area contributed by atoms with E-state index >= 15 is 0 Å². The maximum absolute atomic E-state index is 13.4. The number of carboxylic acids is 1. The van der Waals surface area contributed by atoms with Crippen LogP contribution in [0.3, 0.4) is 0 Å². The van der Waals surface area contributed by atoms with Crippen LogP contribution >= 0.6 is 0 Å². The largest absolute Gasteiger partial charge is 0.480 e. The topological polar surface area (TPSA) is 49.8 Å². The van der Waals surface area contributed by atoms with Gasteiger partial charge in [0, 0.05) is 18.1 Å². The predicted octanol–water partition coefficient (Wildman–Crippen LogP) is 1.69. The number of hydrogen-bond acceptors (Lipinski definition) is 3. The Labute approximate surface area is 102 Å². The van der Waals surface area contributed by atoms with Crippen LogP contribution in [0.15, 0.2) is 0 Å². The Morgan fingerprint density at radius 2 is 2.12 bits per heavy atom. The smallest absolute Gasteiger partial charge is 0.329 e. The summed E-state index contributed by atoms with van der Waals surface area (Å²) >= 11 is 0. The summed E-state index contributed by atoms with van der Waals surface area (Å²) in [6.07, 6.45) is 0.469. The van der Waals surface area contributed by atoms with Crippen molar-refractivity contribution in [2.75, 3.05) is 19.8 Å². The first kappa shape index (κ1) is 14.4. The van der Waals surface area contributed by atoms with Gasteiger partial charge in [0.1, 0.15) is 12.8 Å². The zero-order valence-corrected chi connectivity index (χ0v) is 10.8. The van der Waals surface area contributed by atoms with E-state index in [9.17, 15) is 9.18 Å². The number of nitrogens with zero attached hydrogens (tertiary/aromatic N) is 1. The van der Waals surface area contributed by atoms with Gasteiger partial charge in [0.25, 0.3) is 0 Å². The zero-order valence-electron chi connectivity index (χ0n) is 10.8. The number of aliphatic carboxylic acids is 1. The van der Waals surface area contributed by atoms with Crippen LogP contribution < -0.4 is 0 Å². The van der Waals surface area contributed by atoms with Gasteiger partial charge in [-0.1, -0.05) is 0 Å². The zero-order chi connectivity index (χ0) is 13.1. The lowest BCUT2D eigenvalue weighted by Crippen LogP contribution is -2.55. The van der Waals surface area contributed by atoms with Crippen molar-refractivity contribution < 1.29 is 19.0 Å². The summed E-state index contributed by atoms with van der Waals surface area (Å²) in [5, 5.41) is 8.51. The SMILES string of the molecule is CC(C)(C)N1CC(F)CCC1COCC(=O)O.